The molecular weight excluding hydrogens is 1010 g/mol. The van der Waals surface area contributed by atoms with E-state index in [1.165, 1.54) is 168 Å². The minimum atomic E-state index is 0.100. The van der Waals surface area contributed by atoms with Gasteiger partial charge in [-0.3, -0.25) is 0 Å². The van der Waals surface area contributed by atoms with Gasteiger partial charge in [-0.2, -0.15) is 11.8 Å². The van der Waals surface area contributed by atoms with Crippen LogP contribution in [-0.2, 0) is 22.0 Å². The van der Waals surface area contributed by atoms with Gasteiger partial charge in [0.1, 0.15) is 5.76 Å². The second-order valence-electron chi connectivity index (χ2n) is 25.9. The van der Waals surface area contributed by atoms with Gasteiger partial charge in [0, 0.05) is 5.75 Å². The Hall–Kier alpha value is -0.858. The van der Waals surface area contributed by atoms with Crippen LogP contribution in [-0.4, -0.2) is 53.2 Å². The first-order valence-electron chi connectivity index (χ1n) is 25.9. The van der Waals surface area contributed by atoms with Crippen LogP contribution in [0.4, 0.5) is 0 Å². The zero-order chi connectivity index (χ0) is 46.3. The first-order chi connectivity index (χ1) is 30.0. The zero-order valence-electron chi connectivity index (χ0n) is 42.4. The van der Waals surface area contributed by atoms with Crippen molar-refractivity contribution in [2.24, 2.45) is 40.4 Å². The van der Waals surface area contributed by atoms with Crippen molar-refractivity contribution >= 4 is 49.3 Å². The van der Waals surface area contributed by atoms with Gasteiger partial charge in [0.15, 0.2) is 0 Å². The number of phenols is 1. The predicted octanol–water partition coefficient (Wildman–Crippen LogP) is 17.2. The number of benzene rings is 2. The average molecular weight is 1100 g/mol. The van der Waals surface area contributed by atoms with Crippen molar-refractivity contribution in [1.29, 1.82) is 0 Å². The van der Waals surface area contributed by atoms with Gasteiger partial charge in [-0.05, 0) is 95.5 Å². The topological polar surface area (TPSA) is 40.5 Å². The molecule has 5 unspecified atom stereocenters. The Morgan fingerprint density at radius 3 is 1.75 bits per heavy atom. The number of hydrogen-bond acceptors (Lipinski definition) is 4. The van der Waals surface area contributed by atoms with Gasteiger partial charge in [0.2, 0.25) is 0 Å². The molecule has 353 valence electrons. The van der Waals surface area contributed by atoms with E-state index >= 15 is 0 Å². The molecule has 5 atom stereocenters. The summed E-state index contributed by atoms with van der Waals surface area (Å²) in [6, 6.07) is 15.9. The molecule has 0 saturated heterocycles. The van der Waals surface area contributed by atoms with E-state index in [0.29, 0.717) is 25.8 Å². The van der Waals surface area contributed by atoms with E-state index in [1.807, 2.05) is 11.8 Å². The molecule has 5 fully saturated rings. The minimum absolute atomic E-state index is 0.100. The van der Waals surface area contributed by atoms with Crippen LogP contribution in [0.3, 0.4) is 0 Å². The van der Waals surface area contributed by atoms with Crippen LogP contribution in [0.15, 0.2) is 65.4 Å². The van der Waals surface area contributed by atoms with Gasteiger partial charge in [-0.1, -0.05) is 103 Å². The molecule has 0 aliphatic heterocycles. The summed E-state index contributed by atoms with van der Waals surface area (Å²) in [5, 5.41) is 23.9. The number of aliphatic hydroxyl groups is 1. The normalized spacial score (nSPS) is 35.1. The summed E-state index contributed by atoms with van der Waals surface area (Å²) in [4.78, 5) is 0. The second-order valence-corrected chi connectivity index (χ2v) is 32.7. The number of rotatable bonds is 8. The van der Waals surface area contributed by atoms with E-state index in [9.17, 15) is 10.2 Å². The van der Waals surface area contributed by atoms with Crippen LogP contribution in [0.5, 0.6) is 5.75 Å². The number of aliphatic hydroxyl groups excluding tert-OH is 1. The number of allylic oxidation sites excluding steroid dienone is 2. The Kier molecular flexibility index (Phi) is 16.1. The summed E-state index contributed by atoms with van der Waals surface area (Å²) in [7, 11) is 0. The maximum atomic E-state index is 11.7. The summed E-state index contributed by atoms with van der Waals surface area (Å²) in [6.45, 7) is 24.0. The average Bonchev–Trinajstić information content (AvgIpc) is 3.17. The third-order valence-corrected chi connectivity index (χ3v) is 21.1. The zero-order valence-corrected chi connectivity index (χ0v) is 48.0. The van der Waals surface area contributed by atoms with Crippen LogP contribution in [0.1, 0.15) is 207 Å². The first kappa shape index (κ1) is 51.0. The molecule has 2 aromatic carbocycles. The van der Waals surface area contributed by atoms with Gasteiger partial charge in [0.05, 0.1) is 0 Å². The standard InChI is InChI=1S/C30H47OS.C29H42OS.Pb/c1-21-13-22-15-23(14-21)19-30(5,18-22)27-17-25(29(2,3)4)16-24(28(27)31)20-32-26-11-9-7-6-8-10-12-26;1-27(2,3)24-13-22(19-31-6)26(30)25(14-24)29(5)17-20-12-21(18-29)16-28(4,15-20)23-10-8-7-9-11-23;/h16-17,22-23,26,31H,6-15,18-20H2,1-5H3;7-11,14,20-21,24,30H,12-13,15-19H2,1-6H3;. The number of hydrogen-bond donors (Lipinski definition) is 2. The van der Waals surface area contributed by atoms with E-state index in [1.54, 1.807) is 0 Å². The fourth-order valence-electron chi connectivity index (χ4n) is 14.6. The van der Waals surface area contributed by atoms with E-state index in [-0.39, 0.29) is 21.7 Å². The van der Waals surface area contributed by atoms with Crippen molar-refractivity contribution < 1.29 is 10.2 Å². The molecule has 0 amide bonds. The molecule has 5 heteroatoms. The Balaban J connectivity index is 0.000000192. The fraction of sp³-hybridized carbons (Fsp3) is 0.729. The molecule has 2 aromatic rings. The molecular formula is C59H89O2PbS2. The van der Waals surface area contributed by atoms with Crippen molar-refractivity contribution in [2.45, 2.75) is 215 Å². The molecule has 0 spiro atoms. The van der Waals surface area contributed by atoms with E-state index in [4.69, 9.17) is 0 Å². The first-order valence-corrected chi connectivity index (χ1v) is 30.3. The molecule has 8 rings (SSSR count). The van der Waals surface area contributed by atoms with Crippen molar-refractivity contribution in [2.75, 3.05) is 12.0 Å². The van der Waals surface area contributed by atoms with E-state index in [2.05, 4.69) is 136 Å². The number of fused-ring (bicyclic) bond motifs is 4. The third kappa shape index (κ3) is 12.1. The SMILES string of the molecule is CSCC1=C(O)C(C2(C)CC3CC(C2)CC(C)(c2ccccc2)C3)=CC(C(C)(C)C)C1.C[C]1([Pb])CC2CC(C1)CC(C)(c1cc(C(C)(C)C)cc(CSC3CCCCCCC3)c1O)C2. The maximum absolute atomic E-state index is 11.7. The molecule has 3 radical (unpaired) electrons. The van der Waals surface area contributed by atoms with Gasteiger partial charge in [-0.25, -0.2) is 0 Å². The monoisotopic (exact) mass is 1100 g/mol. The number of aromatic hydroxyl groups is 1. The van der Waals surface area contributed by atoms with Crippen LogP contribution in [0.2, 0.25) is 2.97 Å². The summed E-state index contributed by atoms with van der Waals surface area (Å²) in [5.41, 5.74) is 8.81. The van der Waals surface area contributed by atoms with Crippen molar-refractivity contribution in [3.63, 3.8) is 0 Å². The number of thioether (sulfide) groups is 2. The van der Waals surface area contributed by atoms with Gasteiger partial charge >= 0.3 is 193 Å². The van der Waals surface area contributed by atoms with Crippen LogP contribution in [0, 0.1) is 40.4 Å². The van der Waals surface area contributed by atoms with Crippen molar-refractivity contribution in [1.82, 2.24) is 0 Å². The van der Waals surface area contributed by atoms with Gasteiger partial charge < -0.3 is 5.11 Å². The Morgan fingerprint density at radius 2 is 1.20 bits per heavy atom. The fourth-order valence-corrected chi connectivity index (χ4v) is 18.7. The molecule has 64 heavy (non-hydrogen) atoms. The molecule has 0 aromatic heterocycles. The van der Waals surface area contributed by atoms with E-state index in [0.717, 1.165) is 46.8 Å². The summed E-state index contributed by atoms with van der Waals surface area (Å²) >= 11 is 5.28. The second kappa shape index (κ2) is 20.2. The van der Waals surface area contributed by atoms with Crippen molar-refractivity contribution in [3.8, 4) is 5.75 Å². The Labute approximate surface area is 417 Å². The van der Waals surface area contributed by atoms with Crippen LogP contribution >= 0.6 is 23.5 Å². The molecule has 6 aliphatic carbocycles. The molecule has 0 heterocycles. The summed E-state index contributed by atoms with van der Waals surface area (Å²) in [6.07, 6.45) is 28.5. The van der Waals surface area contributed by atoms with Gasteiger partial charge in [-0.15, -0.1) is 0 Å². The summed E-state index contributed by atoms with van der Waals surface area (Å²) in [5.74, 6) is 6.88. The Morgan fingerprint density at radius 1 is 0.672 bits per heavy atom. The molecule has 4 bridgehead atoms. The van der Waals surface area contributed by atoms with Crippen LogP contribution in [0.25, 0.3) is 0 Å². The molecule has 5 saturated carbocycles. The Bertz CT molecular complexity index is 1930. The summed E-state index contributed by atoms with van der Waals surface area (Å²) < 4.78 is 0.629. The predicted molar refractivity (Wildman–Crippen MR) is 281 cm³/mol. The number of phenolic OH excluding ortho intramolecular Hbond substituents is 1. The van der Waals surface area contributed by atoms with Gasteiger partial charge in [0.25, 0.3) is 0 Å². The third-order valence-electron chi connectivity index (χ3n) is 17.5. The quantitative estimate of drug-likeness (QED) is 0.259. The molecule has 2 N–H and O–H groups in total. The van der Waals surface area contributed by atoms with E-state index < -0.39 is 0 Å². The molecule has 6 aliphatic rings. The van der Waals surface area contributed by atoms with Crippen molar-refractivity contribution in [3.05, 3.63) is 87.7 Å². The van der Waals surface area contributed by atoms with Crippen LogP contribution < -0.4 is 0 Å². The molecule has 2 nitrogen and oxygen atoms in total.